The molecule has 0 amide bonds. The van der Waals surface area contributed by atoms with Gasteiger partial charge in [-0.05, 0) is 36.8 Å². The molecule has 1 heterocycles. The van der Waals surface area contributed by atoms with Crippen molar-refractivity contribution in [3.63, 3.8) is 0 Å². The van der Waals surface area contributed by atoms with Gasteiger partial charge in [0.2, 0.25) is 0 Å². The summed E-state index contributed by atoms with van der Waals surface area (Å²) < 4.78 is 85.5. The smallest absolute Gasteiger partial charge is 0.419 e. The minimum atomic E-state index is -4.78. The van der Waals surface area contributed by atoms with E-state index < -0.39 is 41.4 Å². The fourth-order valence-electron chi connectivity index (χ4n) is 2.93. The summed E-state index contributed by atoms with van der Waals surface area (Å²) in [6.45, 7) is 0.687. The predicted molar refractivity (Wildman–Crippen MR) is 110 cm³/mol. The number of halogens is 6. The summed E-state index contributed by atoms with van der Waals surface area (Å²) in [6, 6.07) is 8.07. The van der Waals surface area contributed by atoms with E-state index in [4.69, 9.17) is 10.5 Å². The maximum Gasteiger partial charge on any atom is 0.419 e. The summed E-state index contributed by atoms with van der Waals surface area (Å²) in [5.74, 6) is -0.514. The van der Waals surface area contributed by atoms with Gasteiger partial charge in [-0.3, -0.25) is 0 Å². The predicted octanol–water partition coefficient (Wildman–Crippen LogP) is 5.03. The van der Waals surface area contributed by atoms with E-state index in [1.54, 1.807) is 0 Å². The number of aromatic nitrogens is 2. The first kappa shape index (κ1) is 24.9. The second-order valence-corrected chi connectivity index (χ2v) is 8.43. The van der Waals surface area contributed by atoms with Crippen LogP contribution in [0.1, 0.15) is 28.6 Å². The minimum Gasteiger partial charge on any atom is -0.493 e. The molecule has 0 unspecified atom stereocenters. The van der Waals surface area contributed by atoms with E-state index in [-0.39, 0.29) is 34.2 Å². The number of rotatable bonds is 7. The first-order valence-corrected chi connectivity index (χ1v) is 10.4. The molecule has 12 heteroatoms. The highest BCUT2D eigenvalue weighted by molar-refractivity contribution is 7.14. The number of nitrogens with two attached hydrogens (primary N) is 1. The van der Waals surface area contributed by atoms with Gasteiger partial charge < -0.3 is 15.6 Å². The summed E-state index contributed by atoms with van der Waals surface area (Å²) in [5, 5.41) is 17.4. The number of ether oxygens (including phenoxy) is 1. The molecule has 33 heavy (non-hydrogen) atoms. The second-order valence-electron chi connectivity index (χ2n) is 7.45. The lowest BCUT2D eigenvalue weighted by molar-refractivity contribution is -0.139. The molecule has 1 aromatic heterocycles. The molecule has 0 saturated carbocycles. The summed E-state index contributed by atoms with van der Waals surface area (Å²) in [7, 11) is 0. The van der Waals surface area contributed by atoms with Gasteiger partial charge in [0.1, 0.15) is 15.8 Å². The Labute approximate surface area is 188 Å². The largest absolute Gasteiger partial charge is 0.493 e. The lowest BCUT2D eigenvalue weighted by Gasteiger charge is -2.17. The lowest BCUT2D eigenvalue weighted by atomic mass is 10.0. The van der Waals surface area contributed by atoms with Gasteiger partial charge in [0.15, 0.2) is 0 Å². The molecule has 0 aliphatic rings. The van der Waals surface area contributed by atoms with Gasteiger partial charge in [-0.15, -0.1) is 10.2 Å². The maximum absolute atomic E-state index is 13.6. The second kappa shape index (κ2) is 9.27. The summed E-state index contributed by atoms with van der Waals surface area (Å²) in [5.41, 5.74) is 2.75. The molecule has 3 N–H and O–H groups in total. The van der Waals surface area contributed by atoms with E-state index in [1.807, 2.05) is 0 Å². The molecule has 1 atom stereocenters. The summed E-state index contributed by atoms with van der Waals surface area (Å²) in [4.78, 5) is 0. The van der Waals surface area contributed by atoms with Crippen molar-refractivity contribution in [2.45, 2.75) is 31.2 Å². The topological polar surface area (TPSA) is 81.3 Å². The average molecular weight is 491 g/mol. The Morgan fingerprint density at radius 2 is 1.64 bits per heavy atom. The molecule has 0 aliphatic heterocycles. The highest BCUT2D eigenvalue weighted by Crippen LogP contribution is 2.40. The van der Waals surface area contributed by atoms with Crippen molar-refractivity contribution in [1.82, 2.24) is 10.2 Å². The molecule has 3 aromatic rings. The molecular formula is C21H19F6N3O2S. The van der Waals surface area contributed by atoms with E-state index >= 15 is 0 Å². The summed E-state index contributed by atoms with van der Waals surface area (Å²) >= 11 is 0.940. The highest BCUT2D eigenvalue weighted by atomic mass is 32.1. The quantitative estimate of drug-likeness (QED) is 0.453. The molecule has 0 saturated heterocycles. The standard InChI is InChI=1S/C21H19F6N3O2S/c1-19(28,11-31)18-30-29-17(33-18)13-6-7-16(15(10-13)21(25,26)27)32-9-8-12-4-2-3-5-14(12)20(22,23)24/h2-7,10,31H,8-9,11,28H2,1H3/t19-/m0/s1. The Balaban J connectivity index is 1.83. The van der Waals surface area contributed by atoms with Crippen LogP contribution in [-0.2, 0) is 24.3 Å². The monoisotopic (exact) mass is 491 g/mol. The van der Waals surface area contributed by atoms with E-state index in [0.717, 1.165) is 29.5 Å². The van der Waals surface area contributed by atoms with Gasteiger partial charge in [-0.1, -0.05) is 29.5 Å². The van der Waals surface area contributed by atoms with Crippen molar-refractivity contribution in [3.05, 3.63) is 64.2 Å². The molecule has 2 aromatic carbocycles. The van der Waals surface area contributed by atoms with Crippen molar-refractivity contribution in [2.75, 3.05) is 13.2 Å². The number of aliphatic hydroxyl groups is 1. The Morgan fingerprint density at radius 3 is 2.27 bits per heavy atom. The van der Waals surface area contributed by atoms with E-state index in [1.165, 1.54) is 31.2 Å². The van der Waals surface area contributed by atoms with Gasteiger partial charge in [0.25, 0.3) is 0 Å². The first-order chi connectivity index (χ1) is 15.3. The lowest BCUT2D eigenvalue weighted by Crippen LogP contribution is -2.36. The van der Waals surface area contributed by atoms with Crippen LogP contribution in [0.2, 0.25) is 0 Å². The van der Waals surface area contributed by atoms with Gasteiger partial charge in [0, 0.05) is 12.0 Å². The number of nitrogens with zero attached hydrogens (tertiary/aromatic N) is 2. The fourth-order valence-corrected chi connectivity index (χ4v) is 3.82. The van der Waals surface area contributed by atoms with Crippen molar-refractivity contribution >= 4 is 11.3 Å². The van der Waals surface area contributed by atoms with Crippen molar-refractivity contribution < 1.29 is 36.2 Å². The Bertz CT molecular complexity index is 1110. The highest BCUT2D eigenvalue weighted by Gasteiger charge is 2.36. The molecule has 5 nitrogen and oxygen atoms in total. The first-order valence-electron chi connectivity index (χ1n) is 9.56. The minimum absolute atomic E-state index is 0.0784. The zero-order valence-electron chi connectivity index (χ0n) is 17.2. The molecule has 0 spiro atoms. The fraction of sp³-hybridized carbons (Fsp3) is 0.333. The number of aliphatic hydroxyl groups excluding tert-OH is 1. The third-order valence-corrected chi connectivity index (χ3v) is 5.98. The number of hydrogen-bond acceptors (Lipinski definition) is 6. The van der Waals surface area contributed by atoms with Crippen molar-refractivity contribution in [2.24, 2.45) is 5.73 Å². The Morgan fingerprint density at radius 1 is 0.970 bits per heavy atom. The third-order valence-electron chi connectivity index (χ3n) is 4.73. The Kier molecular flexibility index (Phi) is 7.01. The van der Waals surface area contributed by atoms with Gasteiger partial charge in [-0.25, -0.2) is 0 Å². The van der Waals surface area contributed by atoms with Crippen LogP contribution in [0.25, 0.3) is 10.6 Å². The van der Waals surface area contributed by atoms with Crippen LogP contribution in [-0.4, -0.2) is 28.5 Å². The van der Waals surface area contributed by atoms with E-state index in [2.05, 4.69) is 10.2 Å². The van der Waals surface area contributed by atoms with Gasteiger partial charge >= 0.3 is 12.4 Å². The number of benzene rings is 2. The zero-order chi connectivity index (χ0) is 24.4. The van der Waals surface area contributed by atoms with E-state index in [9.17, 15) is 31.4 Å². The molecule has 3 rings (SSSR count). The average Bonchev–Trinajstić information content (AvgIpc) is 3.24. The zero-order valence-corrected chi connectivity index (χ0v) is 18.0. The van der Waals surface area contributed by atoms with Gasteiger partial charge in [-0.2, -0.15) is 26.3 Å². The molecule has 0 bridgehead atoms. The molecule has 178 valence electrons. The number of hydrogen-bond donors (Lipinski definition) is 2. The Hall–Kier alpha value is -2.70. The van der Waals surface area contributed by atoms with Crippen LogP contribution < -0.4 is 10.5 Å². The van der Waals surface area contributed by atoms with Crippen LogP contribution in [0, 0.1) is 0 Å². The summed E-state index contributed by atoms with van der Waals surface area (Å²) in [6.07, 6.45) is -9.59. The third kappa shape index (κ3) is 5.81. The van der Waals surface area contributed by atoms with Crippen molar-refractivity contribution in [3.8, 4) is 16.3 Å². The molecule has 0 aliphatic carbocycles. The van der Waals surface area contributed by atoms with Crippen molar-refractivity contribution in [1.29, 1.82) is 0 Å². The maximum atomic E-state index is 13.6. The van der Waals surface area contributed by atoms with E-state index in [0.29, 0.717) is 0 Å². The van der Waals surface area contributed by atoms with Crippen LogP contribution >= 0.6 is 11.3 Å². The molecule has 0 fully saturated rings. The normalized spacial score (nSPS) is 14.2. The van der Waals surface area contributed by atoms with Gasteiger partial charge in [0.05, 0.1) is 29.9 Å². The molecule has 0 radical (unpaired) electrons. The van der Waals surface area contributed by atoms with Crippen LogP contribution in [0.15, 0.2) is 42.5 Å². The number of alkyl halides is 6. The SMILES string of the molecule is C[C@](N)(CO)c1nnc(-c2ccc(OCCc3ccccc3C(F)(F)F)c(C(F)(F)F)c2)s1. The van der Waals surface area contributed by atoms with Crippen LogP contribution in [0.4, 0.5) is 26.3 Å². The molecular weight excluding hydrogens is 472 g/mol. The van der Waals surface area contributed by atoms with Crippen LogP contribution in [0.3, 0.4) is 0 Å². The van der Waals surface area contributed by atoms with Crippen LogP contribution in [0.5, 0.6) is 5.75 Å².